The molecule has 0 spiro atoms. The first-order valence-electron chi connectivity index (χ1n) is 6.94. The number of hydrogen-bond donors (Lipinski definition) is 0. The molecule has 1 aromatic rings. The van der Waals surface area contributed by atoms with E-state index in [1.807, 2.05) is 11.9 Å². The van der Waals surface area contributed by atoms with E-state index < -0.39 is 0 Å². The minimum absolute atomic E-state index is 0.402. The molecule has 0 saturated carbocycles. The molecule has 0 N–H and O–H groups in total. The monoisotopic (exact) mass is 253 g/mol. The molecule has 1 aliphatic heterocycles. The Labute approximate surface area is 109 Å². The molecule has 1 fully saturated rings. The molecule has 102 valence electrons. The average molecular weight is 253 g/mol. The third-order valence-electron chi connectivity index (χ3n) is 3.31. The van der Waals surface area contributed by atoms with Crippen molar-refractivity contribution in [3.63, 3.8) is 0 Å². The zero-order chi connectivity index (χ0) is 12.8. The normalized spacial score (nSPS) is 20.0. The van der Waals surface area contributed by atoms with Gasteiger partial charge in [-0.05, 0) is 32.1 Å². The lowest BCUT2D eigenvalue weighted by atomic mass is 10.1. The van der Waals surface area contributed by atoms with Gasteiger partial charge in [-0.1, -0.05) is 12.0 Å². The summed E-state index contributed by atoms with van der Waals surface area (Å²) in [7, 11) is 1.99. The van der Waals surface area contributed by atoms with Crippen molar-refractivity contribution in [2.75, 3.05) is 25.1 Å². The van der Waals surface area contributed by atoms with Crippen molar-refractivity contribution < 1.29 is 9.15 Å². The SMILES string of the molecule is CCCc1nnc(N(C)CC[C@@H]2CCCCO2)o1. The molecule has 0 unspecified atom stereocenters. The lowest BCUT2D eigenvalue weighted by Gasteiger charge is -2.24. The van der Waals surface area contributed by atoms with Gasteiger partial charge >= 0.3 is 6.01 Å². The first-order chi connectivity index (χ1) is 8.79. The van der Waals surface area contributed by atoms with Crippen LogP contribution in [-0.4, -0.2) is 36.5 Å². The summed E-state index contributed by atoms with van der Waals surface area (Å²) in [6.45, 7) is 3.92. The van der Waals surface area contributed by atoms with Crippen LogP contribution in [0.3, 0.4) is 0 Å². The van der Waals surface area contributed by atoms with Crippen LogP contribution < -0.4 is 4.90 Å². The second-order valence-electron chi connectivity index (χ2n) is 4.93. The Hall–Kier alpha value is -1.10. The Morgan fingerprint density at radius 2 is 2.22 bits per heavy atom. The highest BCUT2D eigenvalue weighted by molar-refractivity contribution is 5.21. The number of nitrogens with zero attached hydrogens (tertiary/aromatic N) is 3. The van der Waals surface area contributed by atoms with E-state index in [4.69, 9.17) is 9.15 Å². The van der Waals surface area contributed by atoms with E-state index in [-0.39, 0.29) is 0 Å². The summed E-state index contributed by atoms with van der Waals surface area (Å²) in [5.74, 6) is 0.730. The molecule has 5 heteroatoms. The van der Waals surface area contributed by atoms with Gasteiger partial charge < -0.3 is 14.1 Å². The van der Waals surface area contributed by atoms with Crippen molar-refractivity contribution in [3.05, 3.63) is 5.89 Å². The molecule has 0 aliphatic carbocycles. The predicted octanol–water partition coefficient (Wildman–Crippen LogP) is 2.42. The Kier molecular flexibility index (Phi) is 4.99. The van der Waals surface area contributed by atoms with Crippen LogP contribution in [0.2, 0.25) is 0 Å². The van der Waals surface area contributed by atoms with Crippen LogP contribution in [0.1, 0.15) is 44.9 Å². The maximum absolute atomic E-state index is 5.71. The number of ether oxygens (including phenoxy) is 1. The van der Waals surface area contributed by atoms with Crippen LogP contribution in [0.15, 0.2) is 4.42 Å². The van der Waals surface area contributed by atoms with Gasteiger partial charge in [0.1, 0.15) is 0 Å². The molecule has 1 aliphatic rings. The van der Waals surface area contributed by atoms with Gasteiger partial charge in [0.05, 0.1) is 6.10 Å². The topological polar surface area (TPSA) is 51.4 Å². The molecular formula is C13H23N3O2. The summed E-state index contributed by atoms with van der Waals surface area (Å²) in [6.07, 6.45) is 6.99. The minimum atomic E-state index is 0.402. The van der Waals surface area contributed by atoms with Crippen molar-refractivity contribution in [1.82, 2.24) is 10.2 Å². The summed E-state index contributed by atoms with van der Waals surface area (Å²) in [5, 5.41) is 8.10. The average Bonchev–Trinajstić information content (AvgIpc) is 2.86. The fraction of sp³-hybridized carbons (Fsp3) is 0.846. The number of aromatic nitrogens is 2. The summed E-state index contributed by atoms with van der Waals surface area (Å²) in [4.78, 5) is 2.02. The summed E-state index contributed by atoms with van der Waals surface area (Å²) in [6, 6.07) is 0.620. The molecule has 2 rings (SSSR count). The van der Waals surface area contributed by atoms with Crippen molar-refractivity contribution in [3.8, 4) is 0 Å². The molecule has 1 atom stereocenters. The fourth-order valence-electron chi connectivity index (χ4n) is 2.18. The Morgan fingerprint density at radius 3 is 2.94 bits per heavy atom. The molecule has 18 heavy (non-hydrogen) atoms. The first kappa shape index (κ1) is 13.3. The standard InChI is InChI=1S/C13H23N3O2/c1-3-6-12-14-15-13(18-12)16(2)9-8-11-7-4-5-10-17-11/h11H,3-10H2,1-2H3/t11-/m0/s1. The van der Waals surface area contributed by atoms with E-state index in [1.54, 1.807) is 0 Å². The van der Waals surface area contributed by atoms with Crippen molar-refractivity contribution >= 4 is 6.01 Å². The molecule has 0 bridgehead atoms. The van der Waals surface area contributed by atoms with Gasteiger partial charge in [-0.2, -0.15) is 0 Å². The van der Waals surface area contributed by atoms with Crippen LogP contribution in [0.4, 0.5) is 6.01 Å². The number of aryl methyl sites for hydroxylation is 1. The molecule has 0 amide bonds. The fourth-order valence-corrected chi connectivity index (χ4v) is 2.18. The van der Waals surface area contributed by atoms with E-state index in [9.17, 15) is 0 Å². The quantitative estimate of drug-likeness (QED) is 0.779. The van der Waals surface area contributed by atoms with Crippen molar-refractivity contribution in [2.45, 2.75) is 51.6 Å². The van der Waals surface area contributed by atoms with Crippen LogP contribution in [0.5, 0.6) is 0 Å². The third kappa shape index (κ3) is 3.70. The van der Waals surface area contributed by atoms with E-state index in [0.717, 1.165) is 38.3 Å². The number of anilines is 1. The maximum Gasteiger partial charge on any atom is 0.317 e. The second-order valence-corrected chi connectivity index (χ2v) is 4.93. The molecule has 1 saturated heterocycles. The van der Waals surface area contributed by atoms with Crippen LogP contribution in [0.25, 0.3) is 0 Å². The van der Waals surface area contributed by atoms with Gasteiger partial charge in [0, 0.05) is 26.6 Å². The summed E-state index contributed by atoms with van der Waals surface area (Å²) >= 11 is 0. The number of hydrogen-bond acceptors (Lipinski definition) is 5. The maximum atomic E-state index is 5.71. The molecule has 0 radical (unpaired) electrons. The zero-order valence-corrected chi connectivity index (χ0v) is 11.4. The van der Waals surface area contributed by atoms with E-state index in [2.05, 4.69) is 17.1 Å². The predicted molar refractivity (Wildman–Crippen MR) is 69.8 cm³/mol. The summed E-state index contributed by atoms with van der Waals surface area (Å²) in [5.41, 5.74) is 0. The lowest BCUT2D eigenvalue weighted by molar-refractivity contribution is 0.0126. The number of rotatable bonds is 6. The van der Waals surface area contributed by atoms with E-state index in [1.165, 1.54) is 19.3 Å². The van der Waals surface area contributed by atoms with E-state index in [0.29, 0.717) is 12.1 Å². The highest BCUT2D eigenvalue weighted by Gasteiger charge is 2.16. The molecule has 2 heterocycles. The van der Waals surface area contributed by atoms with Crippen LogP contribution >= 0.6 is 0 Å². The molecular weight excluding hydrogens is 230 g/mol. The van der Waals surface area contributed by atoms with Gasteiger partial charge in [-0.15, -0.1) is 5.10 Å². The molecule has 5 nitrogen and oxygen atoms in total. The molecule has 0 aromatic carbocycles. The third-order valence-corrected chi connectivity index (χ3v) is 3.31. The van der Waals surface area contributed by atoms with Crippen LogP contribution in [-0.2, 0) is 11.2 Å². The highest BCUT2D eigenvalue weighted by Crippen LogP contribution is 2.17. The molecule has 1 aromatic heterocycles. The highest BCUT2D eigenvalue weighted by atomic mass is 16.5. The first-order valence-corrected chi connectivity index (χ1v) is 6.94. The van der Waals surface area contributed by atoms with Gasteiger partial charge in [0.25, 0.3) is 0 Å². The largest absolute Gasteiger partial charge is 0.408 e. The van der Waals surface area contributed by atoms with Gasteiger partial charge in [0.2, 0.25) is 5.89 Å². The Bertz CT molecular complexity index is 348. The summed E-state index contributed by atoms with van der Waals surface area (Å²) < 4.78 is 11.3. The van der Waals surface area contributed by atoms with Crippen molar-refractivity contribution in [1.29, 1.82) is 0 Å². The van der Waals surface area contributed by atoms with Gasteiger partial charge in [-0.3, -0.25) is 0 Å². The Morgan fingerprint density at radius 1 is 1.33 bits per heavy atom. The van der Waals surface area contributed by atoms with Gasteiger partial charge in [0.15, 0.2) is 0 Å². The smallest absolute Gasteiger partial charge is 0.317 e. The van der Waals surface area contributed by atoms with Crippen LogP contribution in [0, 0.1) is 0 Å². The van der Waals surface area contributed by atoms with Crippen molar-refractivity contribution in [2.24, 2.45) is 0 Å². The lowest BCUT2D eigenvalue weighted by Crippen LogP contribution is -2.26. The van der Waals surface area contributed by atoms with Gasteiger partial charge in [-0.25, -0.2) is 0 Å². The second kappa shape index (κ2) is 6.73. The minimum Gasteiger partial charge on any atom is -0.408 e. The van der Waals surface area contributed by atoms with E-state index >= 15 is 0 Å². The zero-order valence-electron chi connectivity index (χ0n) is 11.4. The Balaban J connectivity index is 1.77.